The monoisotopic (exact) mass is 180 g/mol. The molecule has 64 valence electrons. The van der Waals surface area contributed by atoms with Gasteiger partial charge in [-0.15, -0.1) is 11.8 Å². The highest BCUT2D eigenvalue weighted by Gasteiger charge is 1.97. The Morgan fingerprint density at radius 3 is 2.50 bits per heavy atom. The molecule has 1 aromatic carbocycles. The molecule has 1 aromatic rings. The van der Waals surface area contributed by atoms with Crippen LogP contribution < -0.4 is 5.46 Å². The van der Waals surface area contributed by atoms with Crippen molar-refractivity contribution in [3.8, 4) is 0 Å². The van der Waals surface area contributed by atoms with Crippen molar-refractivity contribution >= 4 is 25.1 Å². The van der Waals surface area contributed by atoms with Gasteiger partial charge < -0.3 is 5.11 Å². The summed E-state index contributed by atoms with van der Waals surface area (Å²) in [5, 5.41) is 9.05. The summed E-state index contributed by atoms with van der Waals surface area (Å²) in [7, 11) is 2.07. The van der Waals surface area contributed by atoms with Gasteiger partial charge in [0.05, 0.1) is 6.10 Å². The fourth-order valence-corrected chi connectivity index (χ4v) is 1.61. The number of thioether (sulfide) groups is 1. The Balaban J connectivity index is 2.48. The lowest BCUT2D eigenvalue weighted by molar-refractivity contribution is 0.220. The molecule has 3 heteroatoms. The lowest BCUT2D eigenvalue weighted by atomic mass is 9.97. The van der Waals surface area contributed by atoms with Crippen LogP contribution in [-0.4, -0.2) is 24.8 Å². The van der Waals surface area contributed by atoms with Crippen LogP contribution >= 0.6 is 11.8 Å². The van der Waals surface area contributed by atoms with Crippen LogP contribution in [0.2, 0.25) is 0 Å². The molecule has 1 atom stereocenters. The molecule has 0 radical (unpaired) electrons. The Morgan fingerprint density at radius 2 is 2.00 bits per heavy atom. The van der Waals surface area contributed by atoms with Crippen molar-refractivity contribution in [2.75, 3.05) is 5.75 Å². The van der Waals surface area contributed by atoms with Gasteiger partial charge in [-0.3, -0.25) is 0 Å². The highest BCUT2D eigenvalue weighted by molar-refractivity contribution is 7.99. The van der Waals surface area contributed by atoms with Gasteiger partial charge in [-0.05, 0) is 19.1 Å². The van der Waals surface area contributed by atoms with Crippen molar-refractivity contribution in [3.63, 3.8) is 0 Å². The molecule has 0 heterocycles. The van der Waals surface area contributed by atoms with Crippen LogP contribution in [0.15, 0.2) is 29.2 Å². The number of rotatable bonds is 3. The van der Waals surface area contributed by atoms with Crippen LogP contribution in [-0.2, 0) is 0 Å². The summed E-state index contributed by atoms with van der Waals surface area (Å²) in [4.78, 5) is 1.22. The first-order valence-corrected chi connectivity index (χ1v) is 5.04. The summed E-state index contributed by atoms with van der Waals surface area (Å²) in [5.74, 6) is 0.767. The van der Waals surface area contributed by atoms with Gasteiger partial charge in [0.2, 0.25) is 0 Å². The summed E-state index contributed by atoms with van der Waals surface area (Å²) < 4.78 is 0. The number of hydrogen-bond donors (Lipinski definition) is 1. The second kappa shape index (κ2) is 4.58. The number of aliphatic hydroxyl groups excluding tert-OH is 1. The normalized spacial score (nSPS) is 12.8. The molecular formula is C9H13BOS. The van der Waals surface area contributed by atoms with Crippen LogP contribution in [0.3, 0.4) is 0 Å². The second-order valence-electron chi connectivity index (χ2n) is 2.97. The predicted molar refractivity (Wildman–Crippen MR) is 57.0 cm³/mol. The van der Waals surface area contributed by atoms with Gasteiger partial charge in [0, 0.05) is 10.6 Å². The minimum atomic E-state index is -0.226. The average Bonchev–Trinajstić information content (AvgIpc) is 2.03. The van der Waals surface area contributed by atoms with Crippen molar-refractivity contribution in [1.29, 1.82) is 0 Å². The lowest BCUT2D eigenvalue weighted by Crippen LogP contribution is -2.03. The molecule has 0 aliphatic carbocycles. The molecule has 1 nitrogen and oxygen atoms in total. The molecule has 0 saturated heterocycles. The molecule has 0 aliphatic heterocycles. The summed E-state index contributed by atoms with van der Waals surface area (Å²) in [6, 6.07) is 8.35. The predicted octanol–water partition coefficient (Wildman–Crippen LogP) is 0.418. The van der Waals surface area contributed by atoms with Gasteiger partial charge in [-0.2, -0.15) is 0 Å². The Kier molecular flexibility index (Phi) is 3.69. The summed E-state index contributed by atoms with van der Waals surface area (Å²) in [5.41, 5.74) is 1.27. The van der Waals surface area contributed by atoms with E-state index in [1.165, 1.54) is 10.4 Å². The summed E-state index contributed by atoms with van der Waals surface area (Å²) >= 11 is 1.69. The molecule has 0 spiro atoms. The van der Waals surface area contributed by atoms with Crippen molar-refractivity contribution in [1.82, 2.24) is 0 Å². The van der Waals surface area contributed by atoms with E-state index in [0.717, 1.165) is 5.75 Å². The fraction of sp³-hybridized carbons (Fsp3) is 0.333. The molecule has 1 N–H and O–H groups in total. The molecule has 0 aromatic heterocycles. The third-order valence-electron chi connectivity index (χ3n) is 1.51. The van der Waals surface area contributed by atoms with E-state index in [9.17, 15) is 0 Å². The highest BCUT2D eigenvalue weighted by atomic mass is 32.2. The van der Waals surface area contributed by atoms with Crippen molar-refractivity contribution in [3.05, 3.63) is 24.3 Å². The smallest absolute Gasteiger partial charge is 0.139 e. The maximum atomic E-state index is 9.05. The van der Waals surface area contributed by atoms with E-state index >= 15 is 0 Å². The quantitative estimate of drug-likeness (QED) is 0.537. The Hall–Kier alpha value is -0.405. The molecule has 12 heavy (non-hydrogen) atoms. The van der Waals surface area contributed by atoms with E-state index in [-0.39, 0.29) is 6.10 Å². The average molecular weight is 180 g/mol. The number of hydrogen-bond acceptors (Lipinski definition) is 2. The minimum Gasteiger partial charge on any atom is -0.393 e. The first-order valence-electron chi connectivity index (χ1n) is 4.06. The van der Waals surface area contributed by atoms with E-state index in [0.29, 0.717) is 0 Å². The van der Waals surface area contributed by atoms with E-state index in [1.807, 2.05) is 0 Å². The van der Waals surface area contributed by atoms with Gasteiger partial charge in [-0.1, -0.05) is 17.6 Å². The summed E-state index contributed by atoms with van der Waals surface area (Å²) in [6.45, 7) is 1.81. The van der Waals surface area contributed by atoms with Gasteiger partial charge in [0.1, 0.15) is 7.85 Å². The van der Waals surface area contributed by atoms with E-state index in [4.69, 9.17) is 5.11 Å². The Bertz CT molecular complexity index is 233. The van der Waals surface area contributed by atoms with E-state index in [1.54, 1.807) is 18.7 Å². The highest BCUT2D eigenvalue weighted by Crippen LogP contribution is 2.16. The molecule has 1 unspecified atom stereocenters. The van der Waals surface area contributed by atoms with E-state index in [2.05, 4.69) is 32.1 Å². The Labute approximate surface area is 78.6 Å². The van der Waals surface area contributed by atoms with Crippen molar-refractivity contribution in [2.45, 2.75) is 17.9 Å². The zero-order valence-electron chi connectivity index (χ0n) is 7.45. The number of aliphatic hydroxyl groups is 1. The first kappa shape index (κ1) is 9.68. The third-order valence-corrected chi connectivity index (χ3v) is 2.77. The lowest BCUT2D eigenvalue weighted by Gasteiger charge is -2.03. The maximum absolute atomic E-state index is 9.05. The first-order chi connectivity index (χ1) is 5.68. The molecule has 0 fully saturated rings. The van der Waals surface area contributed by atoms with Crippen LogP contribution in [0.5, 0.6) is 0 Å². The second-order valence-corrected chi connectivity index (χ2v) is 4.07. The van der Waals surface area contributed by atoms with E-state index < -0.39 is 0 Å². The topological polar surface area (TPSA) is 20.2 Å². The summed E-state index contributed by atoms with van der Waals surface area (Å²) in [6.07, 6.45) is -0.226. The van der Waals surface area contributed by atoms with Gasteiger partial charge in [-0.25, -0.2) is 0 Å². The SMILES string of the molecule is Bc1ccc(SCC(C)O)cc1. The molecule has 0 saturated carbocycles. The fourth-order valence-electron chi connectivity index (χ4n) is 0.851. The molecular weight excluding hydrogens is 167 g/mol. The van der Waals surface area contributed by atoms with Gasteiger partial charge in [0.15, 0.2) is 0 Å². The zero-order valence-corrected chi connectivity index (χ0v) is 8.27. The molecule has 1 rings (SSSR count). The van der Waals surface area contributed by atoms with Crippen LogP contribution in [0.1, 0.15) is 6.92 Å². The van der Waals surface area contributed by atoms with Gasteiger partial charge >= 0.3 is 0 Å². The van der Waals surface area contributed by atoms with Crippen LogP contribution in [0.25, 0.3) is 0 Å². The third kappa shape index (κ3) is 3.33. The van der Waals surface area contributed by atoms with Crippen molar-refractivity contribution in [2.24, 2.45) is 0 Å². The standard InChI is InChI=1S/C9H13BOS/c1-7(11)6-12-9-4-2-8(10)3-5-9/h2-5,7,11H,6,10H2,1H3. The van der Waals surface area contributed by atoms with Gasteiger partial charge in [0.25, 0.3) is 0 Å². The number of benzene rings is 1. The van der Waals surface area contributed by atoms with Crippen LogP contribution in [0.4, 0.5) is 0 Å². The largest absolute Gasteiger partial charge is 0.393 e. The minimum absolute atomic E-state index is 0.226. The van der Waals surface area contributed by atoms with Crippen molar-refractivity contribution < 1.29 is 5.11 Å². The zero-order chi connectivity index (χ0) is 8.97. The van der Waals surface area contributed by atoms with Crippen LogP contribution in [0, 0.1) is 0 Å². The molecule has 0 aliphatic rings. The maximum Gasteiger partial charge on any atom is 0.139 e. The molecule has 0 amide bonds. The Morgan fingerprint density at radius 1 is 1.42 bits per heavy atom. The molecule has 0 bridgehead atoms.